The number of ketones is 2. The van der Waals surface area contributed by atoms with Crippen LogP contribution in [0.3, 0.4) is 0 Å². The van der Waals surface area contributed by atoms with Crippen molar-refractivity contribution in [2.75, 3.05) is 0 Å². The quantitative estimate of drug-likeness (QED) is 0.124. The average Bonchev–Trinajstić information content (AvgIpc) is 3.38. The van der Waals surface area contributed by atoms with Gasteiger partial charge in [-0.05, 0) is 6.08 Å². The summed E-state index contributed by atoms with van der Waals surface area (Å²) in [7, 11) is 0. The number of carbonyl (C=O) groups excluding carboxylic acids is 2. The molecule has 2 aromatic carbocycles. The van der Waals surface area contributed by atoms with Crippen molar-refractivity contribution in [3.8, 4) is 11.3 Å². The predicted molar refractivity (Wildman–Crippen MR) is 120 cm³/mol. The van der Waals surface area contributed by atoms with E-state index in [1.165, 1.54) is 17.4 Å². The number of allylic oxidation sites excluding steroid dienone is 1. The lowest BCUT2D eigenvalue weighted by atomic mass is 10.1. The first kappa shape index (κ1) is 19.8. The van der Waals surface area contributed by atoms with Crippen molar-refractivity contribution in [1.82, 2.24) is 4.98 Å². The Morgan fingerprint density at radius 1 is 0.867 bits per heavy atom. The highest BCUT2D eigenvalue weighted by Crippen LogP contribution is 2.46. The summed E-state index contributed by atoms with van der Waals surface area (Å²) in [6.07, 6.45) is 1.40. The minimum atomic E-state index is -0.572. The maximum Gasteiger partial charge on any atom is 0.238 e. The van der Waals surface area contributed by atoms with Gasteiger partial charge < -0.3 is 4.42 Å². The fraction of sp³-hybridized carbons (Fsp3) is 0. The van der Waals surface area contributed by atoms with Crippen molar-refractivity contribution >= 4 is 85.8 Å². The van der Waals surface area contributed by atoms with Gasteiger partial charge in [0.15, 0.2) is 11.6 Å². The first-order valence-electron chi connectivity index (χ1n) is 8.49. The first-order valence-corrected chi connectivity index (χ1v) is 10.8. The van der Waals surface area contributed by atoms with Gasteiger partial charge in [0, 0.05) is 11.6 Å². The van der Waals surface area contributed by atoms with Gasteiger partial charge in [0.25, 0.3) is 0 Å². The number of furan rings is 1. The van der Waals surface area contributed by atoms with E-state index >= 15 is 0 Å². The van der Waals surface area contributed by atoms with E-state index < -0.39 is 11.6 Å². The van der Waals surface area contributed by atoms with Gasteiger partial charge in [0.05, 0.1) is 41.5 Å². The summed E-state index contributed by atoms with van der Waals surface area (Å²) in [5, 5.41) is 0.123. The van der Waals surface area contributed by atoms with Crippen LogP contribution in [0, 0.1) is 0 Å². The molecule has 9 heteroatoms. The highest BCUT2D eigenvalue weighted by molar-refractivity contribution is 7.19. The molecule has 0 fully saturated rings. The SMILES string of the molecule is O=C1C(=Cc2nc3oc(-c4ccccc4)cc3s2)C(=O)c2c(Cl)c(Cl)c(Cl)c(Cl)c21. The Kier molecular flexibility index (Phi) is 4.76. The van der Waals surface area contributed by atoms with Gasteiger partial charge in [0.1, 0.15) is 10.8 Å². The Morgan fingerprint density at radius 2 is 1.47 bits per heavy atom. The molecule has 2 aromatic heterocycles. The third-order valence-corrected chi connectivity index (χ3v) is 7.38. The van der Waals surface area contributed by atoms with Crippen molar-refractivity contribution in [1.29, 1.82) is 0 Å². The zero-order valence-electron chi connectivity index (χ0n) is 14.6. The van der Waals surface area contributed by atoms with Crippen LogP contribution in [0.1, 0.15) is 25.7 Å². The number of nitrogens with zero attached hydrogens (tertiary/aromatic N) is 1. The second-order valence-corrected chi connectivity index (χ2v) is 8.99. The molecule has 0 N–H and O–H groups in total. The number of benzene rings is 2. The summed E-state index contributed by atoms with van der Waals surface area (Å²) >= 11 is 25.7. The molecule has 0 radical (unpaired) electrons. The van der Waals surface area contributed by atoms with Gasteiger partial charge in [-0.1, -0.05) is 76.7 Å². The van der Waals surface area contributed by atoms with Gasteiger partial charge in [-0.3, -0.25) is 9.59 Å². The molecule has 0 spiro atoms. The van der Waals surface area contributed by atoms with E-state index in [9.17, 15) is 9.59 Å². The highest BCUT2D eigenvalue weighted by Gasteiger charge is 2.39. The van der Waals surface area contributed by atoms with E-state index in [1.807, 2.05) is 36.4 Å². The van der Waals surface area contributed by atoms with Crippen LogP contribution in [0.4, 0.5) is 0 Å². The van der Waals surface area contributed by atoms with Crippen LogP contribution in [0.5, 0.6) is 0 Å². The molecule has 148 valence electrons. The maximum absolute atomic E-state index is 12.9. The third-order valence-electron chi connectivity index (χ3n) is 4.64. The van der Waals surface area contributed by atoms with E-state index in [0.717, 1.165) is 10.3 Å². The van der Waals surface area contributed by atoms with Crippen LogP contribution >= 0.6 is 57.7 Å². The molecular weight excluding hydrogens is 488 g/mol. The minimum Gasteiger partial charge on any atom is -0.437 e. The Hall–Kier alpha value is -2.15. The lowest BCUT2D eigenvalue weighted by Gasteiger charge is -2.07. The van der Waals surface area contributed by atoms with Gasteiger partial charge in [0.2, 0.25) is 5.71 Å². The number of fused-ring (bicyclic) bond motifs is 2. The zero-order chi connectivity index (χ0) is 21.2. The molecule has 0 saturated carbocycles. The maximum atomic E-state index is 12.9. The summed E-state index contributed by atoms with van der Waals surface area (Å²) in [6.45, 7) is 0. The average molecular weight is 495 g/mol. The molecule has 0 bridgehead atoms. The van der Waals surface area contributed by atoms with Crippen LogP contribution in [-0.4, -0.2) is 16.6 Å². The number of hydrogen-bond acceptors (Lipinski definition) is 5. The van der Waals surface area contributed by atoms with E-state index in [0.29, 0.717) is 16.5 Å². The zero-order valence-corrected chi connectivity index (χ0v) is 18.5. The lowest BCUT2D eigenvalue weighted by Crippen LogP contribution is -2.00. The molecular formula is C21H7Cl4NO3S. The summed E-state index contributed by atoms with van der Waals surface area (Å²) in [4.78, 5) is 30.1. The standard InChI is InChI=1S/C21H7Cl4NO3S/c22-15-13-14(16(23)18(25)17(15)24)20(28)9(19(13)27)6-12-26-21-11(30-12)7-10(29-21)8-4-2-1-3-5-8/h1-7H. The van der Waals surface area contributed by atoms with Crippen LogP contribution in [-0.2, 0) is 0 Å². The van der Waals surface area contributed by atoms with E-state index in [-0.39, 0.29) is 36.8 Å². The molecule has 1 aliphatic rings. The number of aromatic nitrogens is 1. The number of Topliss-reactive ketones (excluding diaryl/α,β-unsaturated/α-hetero) is 2. The normalized spacial score (nSPS) is 13.4. The first-order chi connectivity index (χ1) is 14.4. The number of rotatable bonds is 2. The smallest absolute Gasteiger partial charge is 0.238 e. The van der Waals surface area contributed by atoms with E-state index in [2.05, 4.69) is 4.98 Å². The number of halogens is 4. The van der Waals surface area contributed by atoms with Gasteiger partial charge in [-0.25, -0.2) is 4.98 Å². The van der Waals surface area contributed by atoms with Crippen molar-refractivity contribution in [2.45, 2.75) is 0 Å². The Bertz CT molecular complexity index is 1340. The molecule has 0 amide bonds. The third kappa shape index (κ3) is 2.93. The minimum absolute atomic E-state index is 0.0427. The number of hydrogen-bond donors (Lipinski definition) is 0. The van der Waals surface area contributed by atoms with Crippen molar-refractivity contribution in [3.63, 3.8) is 0 Å². The largest absolute Gasteiger partial charge is 0.437 e. The lowest BCUT2D eigenvalue weighted by molar-refractivity contribution is 0.0990. The Balaban J connectivity index is 1.57. The fourth-order valence-electron chi connectivity index (χ4n) is 3.24. The molecule has 0 unspecified atom stereocenters. The number of carbonyl (C=O) groups is 2. The van der Waals surface area contributed by atoms with Crippen molar-refractivity contribution in [2.24, 2.45) is 0 Å². The summed E-state index contributed by atoms with van der Waals surface area (Å²) in [6, 6.07) is 11.5. The van der Waals surface area contributed by atoms with Gasteiger partial charge >= 0.3 is 0 Å². The molecule has 30 heavy (non-hydrogen) atoms. The molecule has 5 rings (SSSR count). The van der Waals surface area contributed by atoms with E-state index in [1.54, 1.807) is 0 Å². The van der Waals surface area contributed by atoms with Gasteiger partial charge in [-0.2, -0.15) is 0 Å². The van der Waals surface area contributed by atoms with Crippen molar-refractivity contribution < 1.29 is 14.0 Å². The Labute approximate surface area is 193 Å². The molecule has 0 atom stereocenters. The second-order valence-electron chi connectivity index (χ2n) is 6.42. The summed E-state index contributed by atoms with van der Waals surface area (Å²) in [5.41, 5.74) is 1.16. The monoisotopic (exact) mass is 493 g/mol. The van der Waals surface area contributed by atoms with Crippen molar-refractivity contribution in [3.05, 3.63) is 78.2 Å². The predicted octanol–water partition coefficient (Wildman–Crippen LogP) is 7.63. The Morgan fingerprint density at radius 3 is 2.03 bits per heavy atom. The number of thiazole rings is 1. The van der Waals surface area contributed by atoms with Crippen LogP contribution in [0.15, 0.2) is 46.4 Å². The molecule has 0 saturated heterocycles. The molecule has 4 nitrogen and oxygen atoms in total. The van der Waals surface area contributed by atoms with Gasteiger partial charge in [-0.15, -0.1) is 11.3 Å². The molecule has 1 aliphatic carbocycles. The fourth-order valence-corrected chi connectivity index (χ4v) is 5.14. The van der Waals surface area contributed by atoms with E-state index in [4.69, 9.17) is 50.8 Å². The van der Waals surface area contributed by atoms with Crippen LogP contribution in [0.2, 0.25) is 20.1 Å². The second kappa shape index (κ2) is 7.22. The molecule has 0 aliphatic heterocycles. The molecule has 2 heterocycles. The summed E-state index contributed by atoms with van der Waals surface area (Å²) < 4.78 is 6.60. The summed E-state index contributed by atoms with van der Waals surface area (Å²) in [5.74, 6) is -0.457. The van der Waals surface area contributed by atoms with Crippen LogP contribution in [0.25, 0.3) is 27.8 Å². The topological polar surface area (TPSA) is 60.2 Å². The molecule has 4 aromatic rings. The van der Waals surface area contributed by atoms with Crippen LogP contribution < -0.4 is 0 Å². The highest BCUT2D eigenvalue weighted by atomic mass is 35.5.